The number of hydrogen-bond donors (Lipinski definition) is 0. The molecule has 2 aromatic rings. The van der Waals surface area contributed by atoms with Crippen LogP contribution in [0, 0.1) is 0 Å². The van der Waals surface area contributed by atoms with Crippen LogP contribution in [0.2, 0.25) is 0 Å². The van der Waals surface area contributed by atoms with Crippen molar-refractivity contribution >= 4 is 22.8 Å². The lowest BCUT2D eigenvalue weighted by atomic mass is 10.1. The summed E-state index contributed by atoms with van der Waals surface area (Å²) in [6.07, 6.45) is -1.19. The molecule has 0 aliphatic carbocycles. The van der Waals surface area contributed by atoms with Crippen molar-refractivity contribution in [1.29, 1.82) is 0 Å². The molecule has 0 unspecified atom stereocenters. The number of aromatic nitrogens is 1. The highest BCUT2D eigenvalue weighted by Crippen LogP contribution is 2.25. The third-order valence-corrected chi connectivity index (χ3v) is 3.46. The molecule has 2 heterocycles. The maximum atomic E-state index is 13.5. The van der Waals surface area contributed by atoms with Gasteiger partial charge in [-0.05, 0) is 12.1 Å². The Bertz CT molecular complexity index is 649. The predicted octanol–water partition coefficient (Wildman–Crippen LogP) is 1.97. The van der Waals surface area contributed by atoms with Gasteiger partial charge in [0.25, 0.3) is 5.89 Å². The van der Waals surface area contributed by atoms with E-state index >= 15 is 0 Å². The number of oxazole rings is 1. The van der Waals surface area contributed by atoms with E-state index < -0.39 is 18.0 Å². The first-order valence-electron chi connectivity index (χ1n) is 6.37. The van der Waals surface area contributed by atoms with Gasteiger partial charge in [-0.2, -0.15) is 0 Å². The van der Waals surface area contributed by atoms with E-state index in [4.69, 9.17) is 4.42 Å². The third-order valence-electron chi connectivity index (χ3n) is 3.46. The second-order valence-corrected chi connectivity index (χ2v) is 4.87. The van der Waals surface area contributed by atoms with Crippen LogP contribution in [-0.2, 0) is 4.79 Å². The van der Waals surface area contributed by atoms with Crippen molar-refractivity contribution in [1.82, 2.24) is 9.88 Å². The molecule has 1 saturated heterocycles. The fourth-order valence-corrected chi connectivity index (χ4v) is 2.50. The molecule has 1 fully saturated rings. The van der Waals surface area contributed by atoms with Gasteiger partial charge in [0.1, 0.15) is 17.7 Å². The minimum absolute atomic E-state index is 0.00284. The number of nitrogens with zero attached hydrogens (tertiary/aromatic N) is 2. The summed E-state index contributed by atoms with van der Waals surface area (Å²) in [7, 11) is 0. The number of rotatable bonds is 2. The number of alkyl halides is 1. The van der Waals surface area contributed by atoms with Crippen LogP contribution in [-0.4, -0.2) is 40.3 Å². The first-order chi connectivity index (χ1) is 9.56. The average Bonchev–Trinajstić information content (AvgIpc) is 3.01. The third kappa shape index (κ3) is 2.07. The van der Waals surface area contributed by atoms with Crippen LogP contribution in [0.1, 0.15) is 24.0 Å². The SMILES string of the molecule is CC(=O)N1C[C@@H](F)C[C@H]1C(=O)c1nc2ccccc2o1. The number of carbonyl (C=O) groups excluding carboxylic acids is 2. The number of carbonyl (C=O) groups is 2. The topological polar surface area (TPSA) is 63.4 Å². The monoisotopic (exact) mass is 276 g/mol. The van der Waals surface area contributed by atoms with Crippen molar-refractivity contribution in [2.24, 2.45) is 0 Å². The van der Waals surface area contributed by atoms with Crippen LogP contribution in [0.3, 0.4) is 0 Å². The van der Waals surface area contributed by atoms with Crippen molar-refractivity contribution in [3.05, 3.63) is 30.2 Å². The van der Waals surface area contributed by atoms with Crippen LogP contribution in [0.4, 0.5) is 4.39 Å². The number of para-hydroxylation sites is 2. The molecule has 2 atom stereocenters. The summed E-state index contributed by atoms with van der Waals surface area (Å²) in [4.78, 5) is 29.2. The van der Waals surface area contributed by atoms with Crippen LogP contribution < -0.4 is 0 Å². The Morgan fingerprint density at radius 1 is 1.40 bits per heavy atom. The summed E-state index contributed by atoms with van der Waals surface area (Å²) in [6, 6.07) is 6.17. The molecule has 3 rings (SSSR count). The predicted molar refractivity (Wildman–Crippen MR) is 69.0 cm³/mol. The Kier molecular flexibility index (Phi) is 3.00. The Morgan fingerprint density at radius 3 is 2.85 bits per heavy atom. The molecule has 1 aromatic heterocycles. The first kappa shape index (κ1) is 12.8. The van der Waals surface area contributed by atoms with Crippen LogP contribution >= 0.6 is 0 Å². The second kappa shape index (κ2) is 4.70. The number of ketones is 1. The van der Waals surface area contributed by atoms with E-state index in [1.54, 1.807) is 24.3 Å². The van der Waals surface area contributed by atoms with E-state index in [0.717, 1.165) is 0 Å². The van der Waals surface area contributed by atoms with E-state index in [2.05, 4.69) is 4.98 Å². The molecule has 0 spiro atoms. The Hall–Kier alpha value is -2.24. The molecule has 0 N–H and O–H groups in total. The summed E-state index contributed by atoms with van der Waals surface area (Å²) in [5, 5.41) is 0. The number of halogens is 1. The summed E-state index contributed by atoms with van der Waals surface area (Å²) in [5.74, 6) is -0.840. The number of hydrogen-bond acceptors (Lipinski definition) is 4. The Balaban J connectivity index is 1.93. The first-order valence-corrected chi connectivity index (χ1v) is 6.37. The number of amides is 1. The number of likely N-dealkylation sites (tertiary alicyclic amines) is 1. The molecule has 104 valence electrons. The lowest BCUT2D eigenvalue weighted by Gasteiger charge is -2.19. The fourth-order valence-electron chi connectivity index (χ4n) is 2.50. The molecule has 20 heavy (non-hydrogen) atoms. The van der Waals surface area contributed by atoms with E-state index in [0.29, 0.717) is 11.1 Å². The molecule has 1 aliphatic heterocycles. The summed E-state index contributed by atoms with van der Waals surface area (Å²) >= 11 is 0. The molecule has 1 aliphatic rings. The lowest BCUT2D eigenvalue weighted by Crippen LogP contribution is -2.39. The van der Waals surface area contributed by atoms with Gasteiger partial charge in [0, 0.05) is 13.3 Å². The van der Waals surface area contributed by atoms with Gasteiger partial charge >= 0.3 is 0 Å². The Labute approximate surface area is 114 Å². The molecule has 0 bridgehead atoms. The van der Waals surface area contributed by atoms with Crippen LogP contribution in [0.5, 0.6) is 0 Å². The standard InChI is InChI=1S/C14H13FN2O3/c1-8(18)17-7-9(15)6-11(17)13(19)14-16-10-4-2-3-5-12(10)20-14/h2-5,9,11H,6-7H2,1H3/t9-,11-/m0/s1. The molecule has 1 amide bonds. The maximum absolute atomic E-state index is 13.5. The van der Waals surface area contributed by atoms with Gasteiger partial charge in [0.15, 0.2) is 5.58 Å². The molecule has 1 aromatic carbocycles. The second-order valence-electron chi connectivity index (χ2n) is 4.87. The van der Waals surface area contributed by atoms with Crippen LogP contribution in [0.25, 0.3) is 11.1 Å². The zero-order chi connectivity index (χ0) is 14.3. The van der Waals surface area contributed by atoms with Gasteiger partial charge in [-0.1, -0.05) is 12.1 Å². The van der Waals surface area contributed by atoms with E-state index in [1.807, 2.05) is 0 Å². The highest BCUT2D eigenvalue weighted by molar-refractivity contribution is 6.00. The lowest BCUT2D eigenvalue weighted by molar-refractivity contribution is -0.129. The van der Waals surface area contributed by atoms with E-state index in [9.17, 15) is 14.0 Å². The minimum atomic E-state index is -1.18. The number of fused-ring (bicyclic) bond motifs is 1. The van der Waals surface area contributed by atoms with Gasteiger partial charge in [0.05, 0.1) is 6.54 Å². The molecule has 6 heteroatoms. The zero-order valence-corrected chi connectivity index (χ0v) is 10.9. The van der Waals surface area contributed by atoms with Gasteiger partial charge in [-0.25, -0.2) is 9.37 Å². The molecular formula is C14H13FN2O3. The van der Waals surface area contributed by atoms with Crippen molar-refractivity contribution in [3.63, 3.8) is 0 Å². The van der Waals surface area contributed by atoms with Gasteiger partial charge in [-0.15, -0.1) is 0 Å². The highest BCUT2D eigenvalue weighted by atomic mass is 19.1. The molecular weight excluding hydrogens is 263 g/mol. The van der Waals surface area contributed by atoms with E-state index in [1.165, 1.54) is 11.8 Å². The average molecular weight is 276 g/mol. The van der Waals surface area contributed by atoms with Crippen molar-refractivity contribution in [2.45, 2.75) is 25.6 Å². The smallest absolute Gasteiger partial charge is 0.266 e. The Morgan fingerprint density at radius 2 is 2.15 bits per heavy atom. The normalized spacial score (nSPS) is 22.4. The number of benzene rings is 1. The van der Waals surface area contributed by atoms with Crippen molar-refractivity contribution in [2.75, 3.05) is 6.54 Å². The molecule has 0 radical (unpaired) electrons. The number of Topliss-reactive ketones (excluding diaryl/α,β-unsaturated/α-hetero) is 1. The quantitative estimate of drug-likeness (QED) is 0.787. The van der Waals surface area contributed by atoms with Crippen molar-refractivity contribution in [3.8, 4) is 0 Å². The largest absolute Gasteiger partial charge is 0.434 e. The van der Waals surface area contributed by atoms with Crippen LogP contribution in [0.15, 0.2) is 28.7 Å². The minimum Gasteiger partial charge on any atom is -0.434 e. The summed E-state index contributed by atoms with van der Waals surface area (Å²) < 4.78 is 18.9. The summed E-state index contributed by atoms with van der Waals surface area (Å²) in [6.45, 7) is 1.27. The van der Waals surface area contributed by atoms with Gasteiger partial charge in [0.2, 0.25) is 11.7 Å². The maximum Gasteiger partial charge on any atom is 0.266 e. The van der Waals surface area contributed by atoms with Gasteiger partial charge in [-0.3, -0.25) is 9.59 Å². The fraction of sp³-hybridized carbons (Fsp3) is 0.357. The zero-order valence-electron chi connectivity index (χ0n) is 10.9. The molecule has 0 saturated carbocycles. The van der Waals surface area contributed by atoms with Gasteiger partial charge < -0.3 is 9.32 Å². The summed E-state index contributed by atoms with van der Waals surface area (Å²) in [5.41, 5.74) is 1.07. The highest BCUT2D eigenvalue weighted by Gasteiger charge is 2.40. The molecule has 5 nitrogen and oxygen atoms in total. The van der Waals surface area contributed by atoms with E-state index in [-0.39, 0.29) is 24.8 Å². The van der Waals surface area contributed by atoms with Crippen molar-refractivity contribution < 1.29 is 18.4 Å².